The SMILES string of the molecule is COC(=O)c1ccc(OC)cc1Oc1ccncc1. The Kier molecular flexibility index (Phi) is 3.97. The lowest BCUT2D eigenvalue weighted by atomic mass is 10.2. The molecule has 19 heavy (non-hydrogen) atoms. The number of rotatable bonds is 4. The number of hydrogen-bond acceptors (Lipinski definition) is 5. The fraction of sp³-hybridized carbons (Fsp3) is 0.143. The van der Waals surface area contributed by atoms with E-state index in [1.807, 2.05) is 0 Å². The number of benzene rings is 1. The molecule has 0 saturated carbocycles. The van der Waals surface area contributed by atoms with Gasteiger partial charge in [-0.3, -0.25) is 4.98 Å². The number of carbonyl (C=O) groups excluding carboxylic acids is 1. The highest BCUT2D eigenvalue weighted by Crippen LogP contribution is 2.29. The number of nitrogens with zero attached hydrogens (tertiary/aromatic N) is 1. The average Bonchev–Trinajstić information content (AvgIpc) is 2.47. The highest BCUT2D eigenvalue weighted by molar-refractivity contribution is 5.92. The molecule has 0 radical (unpaired) electrons. The van der Waals surface area contributed by atoms with Crippen LogP contribution in [0.4, 0.5) is 0 Å². The van der Waals surface area contributed by atoms with Crippen molar-refractivity contribution in [3.05, 3.63) is 48.3 Å². The van der Waals surface area contributed by atoms with Crippen molar-refractivity contribution in [1.29, 1.82) is 0 Å². The van der Waals surface area contributed by atoms with Crippen LogP contribution in [0.5, 0.6) is 17.2 Å². The fourth-order valence-electron chi connectivity index (χ4n) is 1.53. The van der Waals surface area contributed by atoms with Crippen molar-refractivity contribution in [2.24, 2.45) is 0 Å². The van der Waals surface area contributed by atoms with Crippen molar-refractivity contribution in [2.45, 2.75) is 0 Å². The van der Waals surface area contributed by atoms with Gasteiger partial charge in [0.15, 0.2) is 0 Å². The predicted molar refractivity (Wildman–Crippen MR) is 68.6 cm³/mol. The monoisotopic (exact) mass is 259 g/mol. The van der Waals surface area contributed by atoms with Gasteiger partial charge in [0.05, 0.1) is 14.2 Å². The van der Waals surface area contributed by atoms with Crippen LogP contribution in [0, 0.1) is 0 Å². The summed E-state index contributed by atoms with van der Waals surface area (Å²) in [6.45, 7) is 0. The van der Waals surface area contributed by atoms with Crippen LogP contribution in [0.15, 0.2) is 42.7 Å². The van der Waals surface area contributed by atoms with Gasteiger partial charge >= 0.3 is 5.97 Å². The first kappa shape index (κ1) is 12.9. The van der Waals surface area contributed by atoms with E-state index in [9.17, 15) is 4.79 Å². The number of esters is 1. The van der Waals surface area contributed by atoms with Gasteiger partial charge in [0.2, 0.25) is 0 Å². The molecule has 1 aromatic heterocycles. The van der Waals surface area contributed by atoms with E-state index >= 15 is 0 Å². The summed E-state index contributed by atoms with van der Waals surface area (Å²) < 4.78 is 15.5. The van der Waals surface area contributed by atoms with Crippen molar-refractivity contribution in [1.82, 2.24) is 4.98 Å². The Morgan fingerprint density at radius 3 is 2.42 bits per heavy atom. The van der Waals surface area contributed by atoms with E-state index in [-0.39, 0.29) is 0 Å². The molecule has 0 spiro atoms. The van der Waals surface area contributed by atoms with Gasteiger partial charge in [0.25, 0.3) is 0 Å². The third-order valence-corrected chi connectivity index (χ3v) is 2.47. The highest BCUT2D eigenvalue weighted by Gasteiger charge is 2.14. The zero-order chi connectivity index (χ0) is 13.7. The molecule has 5 heteroatoms. The number of aromatic nitrogens is 1. The summed E-state index contributed by atoms with van der Waals surface area (Å²) in [5.74, 6) is 1.08. The first-order chi connectivity index (χ1) is 9.24. The van der Waals surface area contributed by atoms with E-state index in [1.54, 1.807) is 49.8 Å². The fourth-order valence-corrected chi connectivity index (χ4v) is 1.53. The van der Waals surface area contributed by atoms with E-state index in [0.29, 0.717) is 22.8 Å². The summed E-state index contributed by atoms with van der Waals surface area (Å²) in [4.78, 5) is 15.6. The molecule has 0 fully saturated rings. The Balaban J connectivity index is 2.38. The van der Waals surface area contributed by atoms with Crippen molar-refractivity contribution in [3.8, 4) is 17.2 Å². The Bertz CT molecular complexity index is 569. The van der Waals surface area contributed by atoms with Gasteiger partial charge < -0.3 is 14.2 Å². The van der Waals surface area contributed by atoms with Crippen LogP contribution in [-0.4, -0.2) is 25.2 Å². The molecule has 1 heterocycles. The second kappa shape index (κ2) is 5.86. The van der Waals surface area contributed by atoms with Gasteiger partial charge in [-0.05, 0) is 24.3 Å². The number of methoxy groups -OCH3 is 2. The normalized spacial score (nSPS) is 9.79. The van der Waals surface area contributed by atoms with Crippen LogP contribution in [-0.2, 0) is 4.74 Å². The summed E-state index contributed by atoms with van der Waals surface area (Å²) in [5.41, 5.74) is 0.333. The molecular weight excluding hydrogens is 246 g/mol. The Morgan fingerprint density at radius 2 is 1.79 bits per heavy atom. The third-order valence-electron chi connectivity index (χ3n) is 2.47. The lowest BCUT2D eigenvalue weighted by Crippen LogP contribution is -2.04. The second-order valence-corrected chi connectivity index (χ2v) is 3.64. The number of ether oxygens (including phenoxy) is 3. The van der Waals surface area contributed by atoms with Gasteiger partial charge in [-0.25, -0.2) is 4.79 Å². The van der Waals surface area contributed by atoms with Crippen LogP contribution in [0.25, 0.3) is 0 Å². The van der Waals surface area contributed by atoms with Crippen molar-refractivity contribution >= 4 is 5.97 Å². The van der Waals surface area contributed by atoms with Crippen LogP contribution in [0.1, 0.15) is 10.4 Å². The zero-order valence-corrected chi connectivity index (χ0v) is 10.6. The van der Waals surface area contributed by atoms with Gasteiger partial charge in [0.1, 0.15) is 22.8 Å². The van der Waals surface area contributed by atoms with Gasteiger partial charge in [-0.15, -0.1) is 0 Å². The lowest BCUT2D eigenvalue weighted by Gasteiger charge is -2.11. The molecule has 1 aromatic carbocycles. The van der Waals surface area contributed by atoms with Crippen molar-refractivity contribution in [3.63, 3.8) is 0 Å². The standard InChI is InChI=1S/C14H13NO4/c1-17-11-3-4-12(14(16)18-2)13(9-11)19-10-5-7-15-8-6-10/h3-9H,1-2H3. The molecule has 0 atom stereocenters. The first-order valence-corrected chi connectivity index (χ1v) is 5.59. The minimum absolute atomic E-state index is 0.333. The number of carbonyl (C=O) groups is 1. The summed E-state index contributed by atoms with van der Waals surface area (Å²) in [7, 11) is 2.87. The Hall–Kier alpha value is -2.56. The Morgan fingerprint density at radius 1 is 1.05 bits per heavy atom. The molecular formula is C14H13NO4. The van der Waals surface area contributed by atoms with Gasteiger partial charge in [-0.2, -0.15) is 0 Å². The molecule has 0 aliphatic carbocycles. The third kappa shape index (κ3) is 3.01. The average molecular weight is 259 g/mol. The number of hydrogen-bond donors (Lipinski definition) is 0. The van der Waals surface area contributed by atoms with E-state index < -0.39 is 5.97 Å². The first-order valence-electron chi connectivity index (χ1n) is 5.59. The van der Waals surface area contributed by atoms with E-state index in [2.05, 4.69) is 4.98 Å². The van der Waals surface area contributed by atoms with Gasteiger partial charge in [0, 0.05) is 18.5 Å². The van der Waals surface area contributed by atoms with Crippen molar-refractivity contribution < 1.29 is 19.0 Å². The number of pyridine rings is 1. The van der Waals surface area contributed by atoms with Crippen LogP contribution < -0.4 is 9.47 Å². The van der Waals surface area contributed by atoms with E-state index in [1.165, 1.54) is 7.11 Å². The van der Waals surface area contributed by atoms with E-state index in [0.717, 1.165) is 0 Å². The second-order valence-electron chi connectivity index (χ2n) is 3.64. The van der Waals surface area contributed by atoms with E-state index in [4.69, 9.17) is 14.2 Å². The molecule has 0 bridgehead atoms. The molecule has 5 nitrogen and oxygen atoms in total. The molecule has 0 aliphatic heterocycles. The smallest absolute Gasteiger partial charge is 0.341 e. The maximum atomic E-state index is 11.7. The highest BCUT2D eigenvalue weighted by atomic mass is 16.5. The van der Waals surface area contributed by atoms with Crippen LogP contribution in [0.2, 0.25) is 0 Å². The maximum absolute atomic E-state index is 11.7. The molecule has 2 aromatic rings. The molecule has 0 amide bonds. The molecule has 98 valence electrons. The minimum atomic E-state index is -0.466. The molecule has 2 rings (SSSR count). The predicted octanol–water partition coefficient (Wildman–Crippen LogP) is 2.67. The van der Waals surface area contributed by atoms with Crippen molar-refractivity contribution in [2.75, 3.05) is 14.2 Å². The molecule has 0 unspecified atom stereocenters. The largest absolute Gasteiger partial charge is 0.497 e. The quantitative estimate of drug-likeness (QED) is 0.790. The topological polar surface area (TPSA) is 57.7 Å². The van der Waals surface area contributed by atoms with Crippen LogP contribution in [0.3, 0.4) is 0 Å². The minimum Gasteiger partial charge on any atom is -0.497 e. The summed E-state index contributed by atoms with van der Waals surface area (Å²) in [5, 5.41) is 0. The zero-order valence-electron chi connectivity index (χ0n) is 10.6. The van der Waals surface area contributed by atoms with Crippen LogP contribution >= 0.6 is 0 Å². The summed E-state index contributed by atoms with van der Waals surface area (Å²) in [6, 6.07) is 8.29. The lowest BCUT2D eigenvalue weighted by molar-refractivity contribution is 0.0598. The maximum Gasteiger partial charge on any atom is 0.341 e. The molecule has 0 N–H and O–H groups in total. The molecule has 0 aliphatic rings. The Labute approximate surface area is 110 Å². The summed E-state index contributed by atoms with van der Waals surface area (Å²) in [6.07, 6.45) is 3.21. The summed E-state index contributed by atoms with van der Waals surface area (Å²) >= 11 is 0. The molecule has 0 saturated heterocycles. The van der Waals surface area contributed by atoms with Gasteiger partial charge in [-0.1, -0.05) is 0 Å².